The van der Waals surface area contributed by atoms with Crippen molar-refractivity contribution in [3.63, 3.8) is 0 Å². The summed E-state index contributed by atoms with van der Waals surface area (Å²) in [5, 5.41) is 8.77. The van der Waals surface area contributed by atoms with E-state index in [-0.39, 0.29) is 22.4 Å². The molecule has 1 aromatic carbocycles. The molecule has 1 aliphatic heterocycles. The van der Waals surface area contributed by atoms with Crippen molar-refractivity contribution in [2.24, 2.45) is 5.92 Å². The van der Waals surface area contributed by atoms with E-state index in [0.717, 1.165) is 18.6 Å². The third-order valence-electron chi connectivity index (χ3n) is 3.30. The summed E-state index contributed by atoms with van der Waals surface area (Å²) in [6.45, 7) is 0.827. The summed E-state index contributed by atoms with van der Waals surface area (Å²) in [6, 6.07) is 3.27. The molecule has 7 heteroatoms. The first-order valence-corrected chi connectivity index (χ1v) is 7.83. The molecule has 0 aromatic heterocycles. The van der Waals surface area contributed by atoms with E-state index in [1.807, 2.05) is 0 Å². The lowest BCUT2D eigenvalue weighted by molar-refractivity contribution is 0.259. The van der Waals surface area contributed by atoms with Crippen molar-refractivity contribution in [1.82, 2.24) is 4.31 Å². The average molecular weight is 308 g/mol. The lowest BCUT2D eigenvalue weighted by Gasteiger charge is -2.17. The summed E-state index contributed by atoms with van der Waals surface area (Å²) in [7, 11) is -3.68. The zero-order valence-electron chi connectivity index (χ0n) is 10.2. The first-order chi connectivity index (χ1) is 8.95. The second-order valence-corrected chi connectivity index (χ2v) is 6.92. The number of aliphatic hydroxyl groups is 1. The smallest absolute Gasteiger partial charge is 0.244 e. The molecule has 0 spiro atoms. The summed E-state index contributed by atoms with van der Waals surface area (Å²) in [4.78, 5) is -0.0692. The third-order valence-corrected chi connectivity index (χ3v) is 5.65. The first kappa shape index (κ1) is 14.7. The SMILES string of the molecule is O=S(=O)(c1ccc(F)cc1Cl)N1CCC(CCO)C1. The van der Waals surface area contributed by atoms with E-state index >= 15 is 0 Å². The molecule has 1 unspecified atom stereocenters. The van der Waals surface area contributed by atoms with Gasteiger partial charge in [0.05, 0.1) is 5.02 Å². The molecule has 2 rings (SSSR count). The van der Waals surface area contributed by atoms with Crippen LogP contribution in [0.3, 0.4) is 0 Å². The Kier molecular flexibility index (Phi) is 4.45. The molecule has 4 nitrogen and oxygen atoms in total. The van der Waals surface area contributed by atoms with E-state index in [0.29, 0.717) is 19.5 Å². The number of halogens is 2. The maximum atomic E-state index is 13.0. The summed E-state index contributed by atoms with van der Waals surface area (Å²) in [6.07, 6.45) is 1.31. The molecule has 1 aliphatic rings. The second kappa shape index (κ2) is 5.75. The van der Waals surface area contributed by atoms with E-state index in [9.17, 15) is 12.8 Å². The van der Waals surface area contributed by atoms with E-state index < -0.39 is 15.8 Å². The number of hydrogen-bond acceptors (Lipinski definition) is 3. The Hall–Kier alpha value is -0.690. The van der Waals surface area contributed by atoms with E-state index in [2.05, 4.69) is 0 Å². The molecule has 1 heterocycles. The molecule has 1 fully saturated rings. The van der Waals surface area contributed by atoms with Crippen LogP contribution in [0, 0.1) is 11.7 Å². The van der Waals surface area contributed by atoms with Crippen LogP contribution in [0.25, 0.3) is 0 Å². The van der Waals surface area contributed by atoms with Gasteiger partial charge in [-0.3, -0.25) is 0 Å². The van der Waals surface area contributed by atoms with Crippen LogP contribution in [0.15, 0.2) is 23.1 Å². The predicted octanol–water partition coefficient (Wildman–Crippen LogP) is 1.87. The number of sulfonamides is 1. The van der Waals surface area contributed by atoms with E-state index in [1.54, 1.807) is 0 Å². The van der Waals surface area contributed by atoms with Crippen LogP contribution in [-0.2, 0) is 10.0 Å². The number of hydrogen-bond donors (Lipinski definition) is 1. The van der Waals surface area contributed by atoms with Crippen molar-refractivity contribution < 1.29 is 17.9 Å². The predicted molar refractivity (Wildman–Crippen MR) is 70.0 cm³/mol. The lowest BCUT2D eigenvalue weighted by Crippen LogP contribution is -2.29. The number of benzene rings is 1. The summed E-state index contributed by atoms with van der Waals surface area (Å²) >= 11 is 5.80. The molecule has 0 bridgehead atoms. The molecule has 0 radical (unpaired) electrons. The fourth-order valence-corrected chi connectivity index (χ4v) is 4.29. The highest BCUT2D eigenvalue weighted by Crippen LogP contribution is 2.30. The zero-order chi connectivity index (χ0) is 14.0. The molecular formula is C12H15ClFNO3S. The largest absolute Gasteiger partial charge is 0.396 e. The standard InChI is InChI=1S/C12H15ClFNO3S/c13-11-7-10(14)1-2-12(11)19(17,18)15-5-3-9(8-15)4-6-16/h1-2,7,9,16H,3-6,8H2. The molecule has 0 saturated carbocycles. The number of nitrogens with zero attached hydrogens (tertiary/aromatic N) is 1. The number of aliphatic hydroxyl groups excluding tert-OH is 1. The Bertz CT molecular complexity index is 564. The van der Waals surface area contributed by atoms with Crippen molar-refractivity contribution in [1.29, 1.82) is 0 Å². The maximum absolute atomic E-state index is 13.0. The number of rotatable bonds is 4. The monoisotopic (exact) mass is 307 g/mol. The highest BCUT2D eigenvalue weighted by molar-refractivity contribution is 7.89. The van der Waals surface area contributed by atoms with Gasteiger partial charge < -0.3 is 5.11 Å². The van der Waals surface area contributed by atoms with Gasteiger partial charge in [0.2, 0.25) is 10.0 Å². The van der Waals surface area contributed by atoms with Crippen molar-refractivity contribution in [2.75, 3.05) is 19.7 Å². The van der Waals surface area contributed by atoms with Crippen LogP contribution < -0.4 is 0 Å². The Morgan fingerprint density at radius 2 is 2.21 bits per heavy atom. The quantitative estimate of drug-likeness (QED) is 0.924. The minimum absolute atomic E-state index is 0.0514. The summed E-state index contributed by atoms with van der Waals surface area (Å²) in [5.41, 5.74) is 0. The summed E-state index contributed by atoms with van der Waals surface area (Å²) < 4.78 is 39.0. The highest BCUT2D eigenvalue weighted by atomic mass is 35.5. The van der Waals surface area contributed by atoms with Gasteiger partial charge in [0.1, 0.15) is 10.7 Å². The molecule has 0 amide bonds. The third kappa shape index (κ3) is 3.08. The van der Waals surface area contributed by atoms with Gasteiger partial charge in [-0.05, 0) is 37.0 Å². The minimum Gasteiger partial charge on any atom is -0.396 e. The van der Waals surface area contributed by atoms with Gasteiger partial charge in [0, 0.05) is 19.7 Å². The Balaban J connectivity index is 2.23. The zero-order valence-corrected chi connectivity index (χ0v) is 11.8. The van der Waals surface area contributed by atoms with Gasteiger partial charge in [-0.2, -0.15) is 4.31 Å². The van der Waals surface area contributed by atoms with Crippen LogP contribution in [-0.4, -0.2) is 37.5 Å². The first-order valence-electron chi connectivity index (χ1n) is 6.01. The fourth-order valence-electron chi connectivity index (χ4n) is 2.26. The molecule has 0 aliphatic carbocycles. The summed E-state index contributed by atoms with van der Waals surface area (Å²) in [5.74, 6) is -0.400. The van der Waals surface area contributed by atoms with Crippen molar-refractivity contribution in [2.45, 2.75) is 17.7 Å². The van der Waals surface area contributed by atoms with Crippen molar-refractivity contribution in [3.05, 3.63) is 29.0 Å². The molecule has 1 saturated heterocycles. The molecule has 19 heavy (non-hydrogen) atoms. The van der Waals surface area contributed by atoms with Gasteiger partial charge in [-0.25, -0.2) is 12.8 Å². The van der Waals surface area contributed by atoms with Crippen LogP contribution >= 0.6 is 11.6 Å². The fraction of sp³-hybridized carbons (Fsp3) is 0.500. The van der Waals surface area contributed by atoms with Crippen LogP contribution in [0.5, 0.6) is 0 Å². The van der Waals surface area contributed by atoms with Crippen LogP contribution in [0.4, 0.5) is 4.39 Å². The normalized spacial score (nSPS) is 20.9. The van der Waals surface area contributed by atoms with Gasteiger partial charge in [0.15, 0.2) is 0 Å². The Labute approximate surface area is 116 Å². The molecule has 1 N–H and O–H groups in total. The van der Waals surface area contributed by atoms with E-state index in [4.69, 9.17) is 16.7 Å². The van der Waals surface area contributed by atoms with Crippen LogP contribution in [0.1, 0.15) is 12.8 Å². The maximum Gasteiger partial charge on any atom is 0.244 e. The molecular weight excluding hydrogens is 293 g/mol. The topological polar surface area (TPSA) is 57.6 Å². The Morgan fingerprint density at radius 3 is 2.84 bits per heavy atom. The Morgan fingerprint density at radius 1 is 1.47 bits per heavy atom. The van der Waals surface area contributed by atoms with Crippen molar-refractivity contribution >= 4 is 21.6 Å². The van der Waals surface area contributed by atoms with Gasteiger partial charge in [-0.15, -0.1) is 0 Å². The highest BCUT2D eigenvalue weighted by Gasteiger charge is 2.33. The van der Waals surface area contributed by atoms with Gasteiger partial charge in [-0.1, -0.05) is 11.6 Å². The van der Waals surface area contributed by atoms with Crippen molar-refractivity contribution in [3.8, 4) is 0 Å². The van der Waals surface area contributed by atoms with Gasteiger partial charge in [0.25, 0.3) is 0 Å². The second-order valence-electron chi connectivity index (χ2n) is 4.60. The van der Waals surface area contributed by atoms with Crippen LogP contribution in [0.2, 0.25) is 5.02 Å². The minimum atomic E-state index is -3.68. The average Bonchev–Trinajstić information content (AvgIpc) is 2.78. The molecule has 1 atom stereocenters. The van der Waals surface area contributed by atoms with Gasteiger partial charge >= 0.3 is 0 Å². The molecule has 1 aromatic rings. The van der Waals surface area contributed by atoms with E-state index in [1.165, 1.54) is 10.4 Å². The lowest BCUT2D eigenvalue weighted by atomic mass is 10.1. The molecule has 106 valence electrons.